The van der Waals surface area contributed by atoms with Crippen LogP contribution < -0.4 is 0 Å². The van der Waals surface area contributed by atoms with Crippen molar-refractivity contribution in [1.82, 2.24) is 4.98 Å². The number of carboxylic acid groups (broad SMARTS) is 1. The van der Waals surface area contributed by atoms with Gasteiger partial charge in [-0.3, -0.25) is 14.3 Å². The van der Waals surface area contributed by atoms with Crippen LogP contribution in [0.5, 0.6) is 0 Å². The molecule has 2 unspecified atom stereocenters. The Morgan fingerprint density at radius 2 is 1.82 bits per heavy atom. The molecule has 0 bridgehead atoms. The van der Waals surface area contributed by atoms with Crippen molar-refractivity contribution in [2.75, 3.05) is 6.16 Å². The molecule has 0 amide bonds. The molecule has 2 rings (SSSR count). The van der Waals surface area contributed by atoms with Gasteiger partial charge >= 0.3 is 5.97 Å². The molecular weight excluding hydrogens is 301 g/mol. The van der Waals surface area contributed by atoms with Gasteiger partial charge in [-0.1, -0.05) is 36.4 Å². The van der Waals surface area contributed by atoms with E-state index in [0.717, 1.165) is 5.56 Å². The number of carboxylic acids is 1. The number of nitrogens with zero attached hydrogens (tertiary/aromatic N) is 1. The van der Waals surface area contributed by atoms with Crippen molar-refractivity contribution < 1.29 is 19.4 Å². The number of pyridine rings is 1. The average Bonchev–Trinajstić information content (AvgIpc) is 2.48. The van der Waals surface area contributed by atoms with Gasteiger partial charge in [-0.15, -0.1) is 0 Å². The maximum Gasteiger partial charge on any atom is 0.307 e. The van der Waals surface area contributed by atoms with E-state index in [4.69, 9.17) is 0 Å². The largest absolute Gasteiger partial charge is 0.481 e. The highest BCUT2D eigenvalue weighted by Gasteiger charge is 2.29. The van der Waals surface area contributed by atoms with E-state index >= 15 is 0 Å². The molecule has 0 saturated carbocycles. The summed E-state index contributed by atoms with van der Waals surface area (Å²) in [6, 6.07) is 14.2. The van der Waals surface area contributed by atoms with Crippen LogP contribution in [0.4, 0.5) is 0 Å². The van der Waals surface area contributed by atoms with Crippen LogP contribution in [0.1, 0.15) is 11.3 Å². The Balaban J connectivity index is 2.06. The maximum atomic E-state index is 12.4. The molecule has 116 valence electrons. The van der Waals surface area contributed by atoms with Gasteiger partial charge in [0.15, 0.2) is 0 Å². The van der Waals surface area contributed by atoms with E-state index in [1.807, 2.05) is 6.07 Å². The minimum Gasteiger partial charge on any atom is -0.481 e. The fourth-order valence-corrected chi connectivity index (χ4v) is 4.16. The summed E-state index contributed by atoms with van der Waals surface area (Å²) in [7, 11) is -3.57. The predicted molar refractivity (Wildman–Crippen MR) is 83.9 cm³/mol. The molecule has 0 aliphatic carbocycles. The third kappa shape index (κ3) is 5.10. The zero-order valence-corrected chi connectivity index (χ0v) is 12.9. The SMILES string of the molecule is O=C(O)C(Cc1ccccn1)CP(=O)(O)Cc1ccccc1. The lowest BCUT2D eigenvalue weighted by Gasteiger charge is -2.17. The van der Waals surface area contributed by atoms with Gasteiger partial charge in [0.05, 0.1) is 5.92 Å². The lowest BCUT2D eigenvalue weighted by molar-refractivity contribution is -0.141. The summed E-state index contributed by atoms with van der Waals surface area (Å²) in [5.41, 5.74) is 1.34. The van der Waals surface area contributed by atoms with E-state index < -0.39 is 19.3 Å². The topological polar surface area (TPSA) is 87.5 Å². The highest BCUT2D eigenvalue weighted by atomic mass is 31.2. The lowest BCUT2D eigenvalue weighted by atomic mass is 10.1. The molecule has 2 N–H and O–H groups in total. The van der Waals surface area contributed by atoms with Gasteiger partial charge in [-0.05, 0) is 17.7 Å². The van der Waals surface area contributed by atoms with Gasteiger partial charge in [-0.25, -0.2) is 0 Å². The molecule has 2 atom stereocenters. The van der Waals surface area contributed by atoms with Gasteiger partial charge < -0.3 is 10.00 Å². The lowest BCUT2D eigenvalue weighted by Crippen LogP contribution is -2.21. The molecule has 6 heteroatoms. The van der Waals surface area contributed by atoms with Crippen LogP contribution in [0.15, 0.2) is 54.7 Å². The van der Waals surface area contributed by atoms with Crippen molar-refractivity contribution in [3.63, 3.8) is 0 Å². The Labute approximate surface area is 129 Å². The summed E-state index contributed by atoms with van der Waals surface area (Å²) >= 11 is 0. The van der Waals surface area contributed by atoms with Crippen LogP contribution in [0.25, 0.3) is 0 Å². The molecule has 2 aromatic rings. The second-order valence-corrected chi connectivity index (χ2v) is 7.61. The first-order valence-electron chi connectivity index (χ1n) is 6.94. The van der Waals surface area contributed by atoms with Crippen molar-refractivity contribution in [2.24, 2.45) is 5.92 Å². The van der Waals surface area contributed by atoms with Crippen molar-refractivity contribution in [1.29, 1.82) is 0 Å². The number of aliphatic carboxylic acids is 1. The maximum absolute atomic E-state index is 12.4. The quantitative estimate of drug-likeness (QED) is 0.766. The second kappa shape index (κ2) is 7.34. The van der Waals surface area contributed by atoms with E-state index in [0.29, 0.717) is 5.69 Å². The minimum absolute atomic E-state index is 0.0140. The van der Waals surface area contributed by atoms with E-state index in [-0.39, 0.29) is 18.7 Å². The van der Waals surface area contributed by atoms with Crippen molar-refractivity contribution in [2.45, 2.75) is 12.6 Å². The van der Waals surface area contributed by atoms with Crippen LogP contribution in [0.2, 0.25) is 0 Å². The molecular formula is C16H18NO4P. The van der Waals surface area contributed by atoms with E-state index in [1.54, 1.807) is 48.7 Å². The number of aromatic nitrogens is 1. The highest BCUT2D eigenvalue weighted by Crippen LogP contribution is 2.46. The predicted octanol–water partition coefficient (Wildman–Crippen LogP) is 2.80. The van der Waals surface area contributed by atoms with Gasteiger partial charge in [0.2, 0.25) is 7.37 Å². The Kier molecular flexibility index (Phi) is 5.47. The average molecular weight is 319 g/mol. The van der Waals surface area contributed by atoms with Gasteiger partial charge in [0.1, 0.15) is 0 Å². The van der Waals surface area contributed by atoms with Crippen LogP contribution in [-0.2, 0) is 21.9 Å². The number of rotatable bonds is 7. The molecule has 22 heavy (non-hydrogen) atoms. The highest BCUT2D eigenvalue weighted by molar-refractivity contribution is 7.57. The summed E-state index contributed by atoms with van der Waals surface area (Å²) in [6.45, 7) is 0. The van der Waals surface area contributed by atoms with Crippen molar-refractivity contribution in [3.8, 4) is 0 Å². The van der Waals surface area contributed by atoms with Crippen molar-refractivity contribution in [3.05, 3.63) is 66.0 Å². The standard InChI is InChI=1S/C16H18NO4P/c18-16(19)14(10-15-8-4-5-9-17-15)12-22(20,21)11-13-6-2-1-3-7-13/h1-9,14H,10-12H2,(H,18,19)(H,20,21). The molecule has 5 nitrogen and oxygen atoms in total. The Morgan fingerprint density at radius 3 is 2.41 bits per heavy atom. The zero-order chi connectivity index (χ0) is 16.0. The molecule has 0 saturated heterocycles. The smallest absolute Gasteiger partial charge is 0.307 e. The normalized spacial score (nSPS) is 15.0. The number of carbonyl (C=O) groups is 1. The summed E-state index contributed by atoms with van der Waals surface area (Å²) < 4.78 is 12.4. The molecule has 0 aliphatic rings. The first-order valence-corrected chi connectivity index (χ1v) is 8.97. The van der Waals surface area contributed by atoms with E-state index in [1.165, 1.54) is 0 Å². The molecule has 0 radical (unpaired) electrons. The van der Waals surface area contributed by atoms with Crippen LogP contribution in [-0.4, -0.2) is 27.1 Å². The van der Waals surface area contributed by atoms with Crippen LogP contribution >= 0.6 is 7.37 Å². The number of hydrogen-bond acceptors (Lipinski definition) is 3. The first kappa shape index (κ1) is 16.4. The fourth-order valence-electron chi connectivity index (χ4n) is 2.28. The van der Waals surface area contributed by atoms with E-state index in [9.17, 15) is 19.4 Å². The second-order valence-electron chi connectivity index (χ2n) is 5.23. The van der Waals surface area contributed by atoms with Gasteiger partial charge in [-0.2, -0.15) is 0 Å². The molecule has 0 aliphatic heterocycles. The first-order chi connectivity index (χ1) is 10.5. The van der Waals surface area contributed by atoms with Crippen molar-refractivity contribution >= 4 is 13.3 Å². The molecule has 1 heterocycles. The van der Waals surface area contributed by atoms with Gasteiger partial charge in [0, 0.05) is 30.6 Å². The van der Waals surface area contributed by atoms with Gasteiger partial charge in [0.25, 0.3) is 0 Å². The third-order valence-corrected chi connectivity index (χ3v) is 5.18. The Hall–Kier alpha value is -1.97. The molecule has 0 fully saturated rings. The summed E-state index contributed by atoms with van der Waals surface area (Å²) in [6.07, 6.45) is 1.46. The van der Waals surface area contributed by atoms with Crippen LogP contribution in [0.3, 0.4) is 0 Å². The minimum atomic E-state index is -3.57. The summed E-state index contributed by atoms with van der Waals surface area (Å²) in [5.74, 6) is -2.00. The zero-order valence-electron chi connectivity index (χ0n) is 12.0. The summed E-state index contributed by atoms with van der Waals surface area (Å²) in [4.78, 5) is 25.6. The number of benzene rings is 1. The Morgan fingerprint density at radius 1 is 1.14 bits per heavy atom. The Bertz CT molecular complexity index is 660. The number of hydrogen-bond donors (Lipinski definition) is 2. The fraction of sp³-hybridized carbons (Fsp3) is 0.250. The van der Waals surface area contributed by atoms with E-state index in [2.05, 4.69) is 4.98 Å². The monoisotopic (exact) mass is 319 g/mol. The molecule has 1 aromatic heterocycles. The third-order valence-electron chi connectivity index (χ3n) is 3.31. The summed E-state index contributed by atoms with van der Waals surface area (Å²) in [5, 5.41) is 9.30. The molecule has 0 spiro atoms. The molecule has 1 aromatic carbocycles. The van der Waals surface area contributed by atoms with Crippen LogP contribution in [0, 0.1) is 5.92 Å².